The van der Waals surface area contributed by atoms with Crippen LogP contribution in [-0.2, 0) is 0 Å². The molecule has 0 aliphatic carbocycles. The molecule has 0 fully saturated rings. The molecule has 10 nitrogen and oxygen atoms in total. The third kappa shape index (κ3) is 2.61. The summed E-state index contributed by atoms with van der Waals surface area (Å²) in [7, 11) is 0. The van der Waals surface area contributed by atoms with E-state index in [1.807, 2.05) is 24.3 Å². The van der Waals surface area contributed by atoms with Crippen molar-refractivity contribution in [3.05, 3.63) is 54.7 Å². The first-order valence-corrected chi connectivity index (χ1v) is 7.25. The molecule has 1 amide bonds. The minimum Gasteiger partial charge on any atom is -0.459 e. The zero-order valence-corrected chi connectivity index (χ0v) is 12.7. The van der Waals surface area contributed by atoms with E-state index in [1.54, 1.807) is 6.07 Å². The molecular weight excluding hydrogens is 324 g/mol. The maximum absolute atomic E-state index is 11.9. The van der Waals surface area contributed by atoms with Crippen LogP contribution < -0.4 is 16.6 Å². The van der Waals surface area contributed by atoms with Crippen molar-refractivity contribution < 1.29 is 9.21 Å². The molecule has 3 aromatic heterocycles. The van der Waals surface area contributed by atoms with E-state index in [9.17, 15) is 4.79 Å². The fraction of sp³-hybridized carbons (Fsp3) is 0. The first-order chi connectivity index (χ1) is 12.2. The Kier molecular flexibility index (Phi) is 3.47. The number of para-hydroxylation sites is 1. The number of hydrazine groups is 1. The Bertz CT molecular complexity index is 1040. The zero-order chi connectivity index (χ0) is 17.2. The number of anilines is 2. The van der Waals surface area contributed by atoms with Crippen LogP contribution in [0.4, 0.5) is 11.5 Å². The second-order valence-electron chi connectivity index (χ2n) is 5.01. The number of furan rings is 1. The summed E-state index contributed by atoms with van der Waals surface area (Å²) < 4.78 is 6.51. The van der Waals surface area contributed by atoms with E-state index in [2.05, 4.69) is 31.1 Å². The minimum atomic E-state index is -0.462. The number of rotatable bonds is 4. The van der Waals surface area contributed by atoms with Crippen LogP contribution in [0.1, 0.15) is 10.6 Å². The number of fused-ring (bicyclic) bond motifs is 1. The molecule has 3 heterocycles. The number of carbonyl (C=O) groups is 1. The third-order valence-electron chi connectivity index (χ3n) is 3.45. The highest BCUT2D eigenvalue weighted by atomic mass is 16.3. The summed E-state index contributed by atoms with van der Waals surface area (Å²) in [5, 5.41) is 8.14. The molecule has 10 heteroatoms. The van der Waals surface area contributed by atoms with E-state index in [0.717, 1.165) is 5.52 Å². The predicted molar refractivity (Wildman–Crippen MR) is 88.7 cm³/mol. The number of nitrogens with two attached hydrogens (primary N) is 1. The van der Waals surface area contributed by atoms with Gasteiger partial charge in [-0.25, -0.2) is 9.97 Å². The van der Waals surface area contributed by atoms with Crippen molar-refractivity contribution >= 4 is 28.4 Å². The lowest BCUT2D eigenvalue weighted by Gasteiger charge is -2.11. The summed E-state index contributed by atoms with van der Waals surface area (Å²) in [6.45, 7) is 0. The van der Waals surface area contributed by atoms with Crippen LogP contribution in [-0.4, -0.2) is 30.9 Å². The summed E-state index contributed by atoms with van der Waals surface area (Å²) in [6.07, 6.45) is 2.71. The summed E-state index contributed by atoms with van der Waals surface area (Å²) >= 11 is 0. The van der Waals surface area contributed by atoms with E-state index < -0.39 is 5.91 Å². The highest BCUT2D eigenvalue weighted by molar-refractivity contribution is 5.92. The van der Waals surface area contributed by atoms with Crippen molar-refractivity contribution in [3.63, 3.8) is 0 Å². The number of nitrogens with one attached hydrogen (secondary N) is 2. The number of hydrogen-bond donors (Lipinski definition) is 3. The Morgan fingerprint density at radius 1 is 1.16 bits per heavy atom. The summed E-state index contributed by atoms with van der Waals surface area (Å²) in [5.74, 6) is 0.265. The predicted octanol–water partition coefficient (Wildman–Crippen LogP) is 1.14. The summed E-state index contributed by atoms with van der Waals surface area (Å²) in [4.78, 5) is 20.1. The van der Waals surface area contributed by atoms with Crippen molar-refractivity contribution in [1.82, 2.24) is 30.4 Å². The van der Waals surface area contributed by atoms with Gasteiger partial charge < -0.3 is 10.2 Å². The number of nitrogen functional groups attached to an aromatic ring is 1. The van der Waals surface area contributed by atoms with Gasteiger partial charge in [-0.1, -0.05) is 17.3 Å². The van der Waals surface area contributed by atoms with Gasteiger partial charge in [0.05, 0.1) is 11.8 Å². The fourth-order valence-electron chi connectivity index (χ4n) is 2.27. The van der Waals surface area contributed by atoms with E-state index in [1.165, 1.54) is 23.3 Å². The summed E-state index contributed by atoms with van der Waals surface area (Å²) in [5.41, 5.74) is 12.9. The van der Waals surface area contributed by atoms with Crippen LogP contribution in [0.5, 0.6) is 0 Å². The molecule has 124 valence electrons. The van der Waals surface area contributed by atoms with Crippen molar-refractivity contribution in [2.45, 2.75) is 0 Å². The highest BCUT2D eigenvalue weighted by Gasteiger charge is 2.15. The van der Waals surface area contributed by atoms with Gasteiger partial charge in [0.25, 0.3) is 0 Å². The van der Waals surface area contributed by atoms with Gasteiger partial charge in [0.1, 0.15) is 17.5 Å². The van der Waals surface area contributed by atoms with E-state index in [4.69, 9.17) is 10.2 Å². The molecule has 0 saturated carbocycles. The molecule has 0 radical (unpaired) electrons. The van der Waals surface area contributed by atoms with Crippen molar-refractivity contribution in [2.75, 3.05) is 11.2 Å². The minimum absolute atomic E-state index is 0.155. The lowest BCUT2D eigenvalue weighted by Crippen LogP contribution is -2.30. The quantitative estimate of drug-likeness (QED) is 0.472. The average Bonchev–Trinajstić information content (AvgIpc) is 3.30. The van der Waals surface area contributed by atoms with Gasteiger partial charge in [0, 0.05) is 0 Å². The molecule has 4 rings (SSSR count). The third-order valence-corrected chi connectivity index (χ3v) is 3.45. The van der Waals surface area contributed by atoms with Gasteiger partial charge in [-0.15, -0.1) is 5.10 Å². The molecule has 0 atom stereocenters. The average molecular weight is 336 g/mol. The van der Waals surface area contributed by atoms with Gasteiger partial charge in [-0.2, -0.15) is 4.68 Å². The highest BCUT2D eigenvalue weighted by Crippen LogP contribution is 2.23. The van der Waals surface area contributed by atoms with E-state index in [0.29, 0.717) is 11.3 Å². The SMILES string of the molecule is Nc1c(NNC(=O)c2ccco2)ncnc1-n1nnc2ccccc21. The smallest absolute Gasteiger partial charge is 0.305 e. The molecule has 4 aromatic rings. The molecule has 0 aliphatic rings. The number of aromatic nitrogens is 5. The van der Waals surface area contributed by atoms with Crippen molar-refractivity contribution in [3.8, 4) is 5.82 Å². The largest absolute Gasteiger partial charge is 0.459 e. The van der Waals surface area contributed by atoms with Crippen LogP contribution in [0.25, 0.3) is 16.9 Å². The van der Waals surface area contributed by atoms with Crippen LogP contribution in [0.15, 0.2) is 53.4 Å². The Labute approximate surface area is 140 Å². The topological polar surface area (TPSA) is 137 Å². The van der Waals surface area contributed by atoms with Crippen molar-refractivity contribution in [1.29, 1.82) is 0 Å². The molecule has 4 N–H and O–H groups in total. The van der Waals surface area contributed by atoms with Crippen LogP contribution in [0, 0.1) is 0 Å². The standard InChI is InChI=1S/C15H12N8O2/c16-12-13(20-21-15(24)11-6-3-7-25-11)17-8-18-14(12)23-10-5-2-1-4-9(10)19-22-23/h1-8H,16H2,(H,21,24)(H,17,18,20). The van der Waals surface area contributed by atoms with Gasteiger partial charge in [-0.3, -0.25) is 15.6 Å². The Hall–Kier alpha value is -3.95. The van der Waals surface area contributed by atoms with Gasteiger partial charge in [0.15, 0.2) is 17.4 Å². The second-order valence-corrected chi connectivity index (χ2v) is 5.01. The monoisotopic (exact) mass is 336 g/mol. The molecule has 25 heavy (non-hydrogen) atoms. The first kappa shape index (κ1) is 14.6. The van der Waals surface area contributed by atoms with Crippen LogP contribution in [0.3, 0.4) is 0 Å². The maximum atomic E-state index is 11.9. The Balaban J connectivity index is 1.63. The Morgan fingerprint density at radius 2 is 2.04 bits per heavy atom. The molecule has 0 unspecified atom stereocenters. The molecule has 0 saturated heterocycles. The second kappa shape index (κ2) is 5.92. The molecular formula is C15H12N8O2. The molecule has 1 aromatic carbocycles. The molecule has 0 spiro atoms. The lowest BCUT2D eigenvalue weighted by atomic mass is 10.3. The summed E-state index contributed by atoms with van der Waals surface area (Å²) in [6, 6.07) is 10.6. The number of nitrogens with zero attached hydrogens (tertiary/aromatic N) is 5. The molecule has 0 aliphatic heterocycles. The van der Waals surface area contributed by atoms with Gasteiger partial charge in [-0.05, 0) is 24.3 Å². The number of hydrogen-bond acceptors (Lipinski definition) is 8. The van der Waals surface area contributed by atoms with E-state index >= 15 is 0 Å². The number of carbonyl (C=O) groups excluding carboxylic acids is 1. The van der Waals surface area contributed by atoms with Crippen molar-refractivity contribution in [2.24, 2.45) is 0 Å². The number of benzene rings is 1. The Morgan fingerprint density at radius 3 is 2.88 bits per heavy atom. The normalized spacial score (nSPS) is 10.7. The number of amides is 1. The maximum Gasteiger partial charge on any atom is 0.305 e. The van der Waals surface area contributed by atoms with E-state index in [-0.39, 0.29) is 17.3 Å². The van der Waals surface area contributed by atoms with Crippen LogP contribution >= 0.6 is 0 Å². The first-order valence-electron chi connectivity index (χ1n) is 7.25. The zero-order valence-electron chi connectivity index (χ0n) is 12.7. The van der Waals surface area contributed by atoms with Gasteiger partial charge in [0.2, 0.25) is 0 Å². The lowest BCUT2D eigenvalue weighted by molar-refractivity contribution is 0.0935. The fourth-order valence-corrected chi connectivity index (χ4v) is 2.27. The van der Waals surface area contributed by atoms with Crippen LogP contribution in [0.2, 0.25) is 0 Å². The van der Waals surface area contributed by atoms with Gasteiger partial charge >= 0.3 is 5.91 Å². The molecule has 0 bridgehead atoms.